The first-order chi connectivity index (χ1) is 7.68. The molecule has 1 N–H and O–H groups in total. The second-order valence-electron chi connectivity index (χ2n) is 4.78. The van der Waals surface area contributed by atoms with Crippen molar-refractivity contribution in [2.24, 2.45) is 5.92 Å². The Morgan fingerprint density at radius 3 is 2.94 bits per heavy atom. The van der Waals surface area contributed by atoms with Gasteiger partial charge in [0.05, 0.1) is 13.2 Å². The van der Waals surface area contributed by atoms with Gasteiger partial charge in [-0.15, -0.1) is 0 Å². The Hall–Kier alpha value is -0.680. The summed E-state index contributed by atoms with van der Waals surface area (Å²) in [5, 5.41) is 7.15. The maximum Gasteiger partial charge on any atom is 0.195 e. The SMILES string of the molecule is CC(C)COCCn1c(C2CC2)n[nH]c1=S. The van der Waals surface area contributed by atoms with E-state index in [0.29, 0.717) is 18.4 Å². The van der Waals surface area contributed by atoms with Crippen molar-refractivity contribution in [1.29, 1.82) is 0 Å². The second-order valence-corrected chi connectivity index (χ2v) is 5.17. The molecule has 1 aromatic rings. The Kier molecular flexibility index (Phi) is 3.76. The quantitative estimate of drug-likeness (QED) is 0.614. The van der Waals surface area contributed by atoms with Crippen molar-refractivity contribution >= 4 is 12.2 Å². The van der Waals surface area contributed by atoms with E-state index in [9.17, 15) is 0 Å². The molecule has 0 unspecified atom stereocenters. The van der Waals surface area contributed by atoms with Gasteiger partial charge in [0, 0.05) is 12.5 Å². The first-order valence-electron chi connectivity index (χ1n) is 5.91. The van der Waals surface area contributed by atoms with E-state index in [1.54, 1.807) is 0 Å². The molecule has 0 aliphatic heterocycles. The molecule has 0 spiro atoms. The van der Waals surface area contributed by atoms with Gasteiger partial charge < -0.3 is 9.30 Å². The molecule has 1 saturated carbocycles. The molecule has 2 rings (SSSR count). The van der Waals surface area contributed by atoms with Gasteiger partial charge in [-0.2, -0.15) is 5.10 Å². The topological polar surface area (TPSA) is 42.8 Å². The van der Waals surface area contributed by atoms with Gasteiger partial charge in [-0.3, -0.25) is 5.10 Å². The normalized spacial score (nSPS) is 15.9. The largest absolute Gasteiger partial charge is 0.379 e. The Labute approximate surface area is 101 Å². The molecule has 0 bridgehead atoms. The van der Waals surface area contributed by atoms with E-state index in [-0.39, 0.29) is 0 Å². The van der Waals surface area contributed by atoms with Crippen LogP contribution in [0.2, 0.25) is 0 Å². The molecule has 0 amide bonds. The lowest BCUT2D eigenvalue weighted by Crippen LogP contribution is -2.11. The summed E-state index contributed by atoms with van der Waals surface area (Å²) < 4.78 is 8.36. The molecule has 16 heavy (non-hydrogen) atoms. The average molecular weight is 241 g/mol. The minimum absolute atomic E-state index is 0.584. The Bertz CT molecular complexity index is 392. The predicted octanol–water partition coefficient (Wildman–Crippen LogP) is 2.49. The third kappa shape index (κ3) is 2.92. The molecule has 90 valence electrons. The molecule has 1 aliphatic carbocycles. The summed E-state index contributed by atoms with van der Waals surface area (Å²) in [6.07, 6.45) is 2.49. The van der Waals surface area contributed by atoms with Crippen LogP contribution in [0.5, 0.6) is 0 Å². The van der Waals surface area contributed by atoms with Crippen LogP contribution < -0.4 is 0 Å². The lowest BCUT2D eigenvalue weighted by atomic mass is 10.2. The van der Waals surface area contributed by atoms with Gasteiger partial charge in [-0.25, -0.2) is 0 Å². The highest BCUT2D eigenvalue weighted by molar-refractivity contribution is 7.71. The second kappa shape index (κ2) is 5.10. The fraction of sp³-hybridized carbons (Fsp3) is 0.818. The summed E-state index contributed by atoms with van der Waals surface area (Å²) in [6.45, 7) is 6.64. The molecule has 0 saturated heterocycles. The molecule has 4 nitrogen and oxygen atoms in total. The van der Waals surface area contributed by atoms with Crippen LogP contribution in [0, 0.1) is 10.7 Å². The van der Waals surface area contributed by atoms with Crippen molar-refractivity contribution in [3.8, 4) is 0 Å². The molecule has 1 aliphatic rings. The van der Waals surface area contributed by atoms with Crippen molar-refractivity contribution in [2.45, 2.75) is 39.2 Å². The maximum atomic E-state index is 5.57. The minimum atomic E-state index is 0.584. The van der Waals surface area contributed by atoms with E-state index in [4.69, 9.17) is 17.0 Å². The Morgan fingerprint density at radius 1 is 1.56 bits per heavy atom. The van der Waals surface area contributed by atoms with Gasteiger partial charge in [0.1, 0.15) is 5.82 Å². The van der Waals surface area contributed by atoms with Crippen molar-refractivity contribution < 1.29 is 4.74 Å². The van der Waals surface area contributed by atoms with Crippen molar-refractivity contribution in [3.63, 3.8) is 0 Å². The molecule has 0 atom stereocenters. The molecular formula is C11H19N3OS. The van der Waals surface area contributed by atoms with E-state index in [1.807, 2.05) is 0 Å². The number of ether oxygens (including phenoxy) is 1. The molecular weight excluding hydrogens is 222 g/mol. The zero-order chi connectivity index (χ0) is 11.5. The van der Waals surface area contributed by atoms with Gasteiger partial charge in [0.15, 0.2) is 4.77 Å². The average Bonchev–Trinajstić information content (AvgIpc) is 3.00. The van der Waals surface area contributed by atoms with E-state index < -0.39 is 0 Å². The summed E-state index contributed by atoms with van der Waals surface area (Å²) in [5.41, 5.74) is 0. The summed E-state index contributed by atoms with van der Waals surface area (Å²) >= 11 is 5.21. The lowest BCUT2D eigenvalue weighted by Gasteiger charge is -2.08. The number of aromatic nitrogens is 3. The van der Waals surface area contributed by atoms with Crippen LogP contribution in [0.3, 0.4) is 0 Å². The summed E-state index contributed by atoms with van der Waals surface area (Å²) in [7, 11) is 0. The fourth-order valence-electron chi connectivity index (χ4n) is 1.67. The highest BCUT2D eigenvalue weighted by atomic mass is 32.1. The van der Waals surface area contributed by atoms with Gasteiger partial charge >= 0.3 is 0 Å². The highest BCUT2D eigenvalue weighted by Crippen LogP contribution is 2.38. The number of nitrogens with one attached hydrogen (secondary N) is 1. The van der Waals surface area contributed by atoms with Crippen LogP contribution in [0.15, 0.2) is 0 Å². The molecule has 1 heterocycles. The zero-order valence-electron chi connectivity index (χ0n) is 9.90. The van der Waals surface area contributed by atoms with E-state index in [1.165, 1.54) is 12.8 Å². The summed E-state index contributed by atoms with van der Waals surface area (Å²) in [5.74, 6) is 2.32. The Morgan fingerprint density at radius 2 is 2.31 bits per heavy atom. The van der Waals surface area contributed by atoms with Crippen molar-refractivity contribution in [3.05, 3.63) is 10.6 Å². The standard InChI is InChI=1S/C11H19N3OS/c1-8(2)7-15-6-5-14-10(9-3-4-9)12-13-11(14)16/h8-9H,3-7H2,1-2H3,(H,13,16). The van der Waals surface area contributed by atoms with E-state index >= 15 is 0 Å². The highest BCUT2D eigenvalue weighted by Gasteiger charge is 2.28. The molecule has 5 heteroatoms. The van der Waals surface area contributed by atoms with Gasteiger partial charge in [-0.1, -0.05) is 13.8 Å². The number of aromatic amines is 1. The van der Waals surface area contributed by atoms with Crippen LogP contribution in [-0.4, -0.2) is 28.0 Å². The fourth-order valence-corrected chi connectivity index (χ4v) is 1.90. The number of hydrogen-bond donors (Lipinski definition) is 1. The number of hydrogen-bond acceptors (Lipinski definition) is 3. The lowest BCUT2D eigenvalue weighted by molar-refractivity contribution is 0.102. The Balaban J connectivity index is 1.88. The van der Waals surface area contributed by atoms with Crippen LogP contribution in [-0.2, 0) is 11.3 Å². The number of nitrogens with zero attached hydrogens (tertiary/aromatic N) is 2. The van der Waals surface area contributed by atoms with E-state index in [2.05, 4.69) is 28.6 Å². The smallest absolute Gasteiger partial charge is 0.195 e. The minimum Gasteiger partial charge on any atom is -0.379 e. The monoisotopic (exact) mass is 241 g/mol. The van der Waals surface area contributed by atoms with Crippen molar-refractivity contribution in [1.82, 2.24) is 14.8 Å². The van der Waals surface area contributed by atoms with Crippen LogP contribution in [0.25, 0.3) is 0 Å². The summed E-state index contributed by atoms with van der Waals surface area (Å²) in [6, 6.07) is 0. The van der Waals surface area contributed by atoms with E-state index in [0.717, 1.165) is 23.7 Å². The van der Waals surface area contributed by atoms with Gasteiger partial charge in [0.2, 0.25) is 0 Å². The first kappa shape index (κ1) is 11.8. The molecule has 0 aromatic carbocycles. The number of H-pyrrole nitrogens is 1. The predicted molar refractivity (Wildman–Crippen MR) is 65.0 cm³/mol. The van der Waals surface area contributed by atoms with Crippen LogP contribution in [0.4, 0.5) is 0 Å². The first-order valence-corrected chi connectivity index (χ1v) is 6.32. The molecule has 1 fully saturated rings. The van der Waals surface area contributed by atoms with Gasteiger partial charge in [0.25, 0.3) is 0 Å². The third-order valence-electron chi connectivity index (χ3n) is 2.64. The molecule has 1 aromatic heterocycles. The molecule has 0 radical (unpaired) electrons. The van der Waals surface area contributed by atoms with Crippen molar-refractivity contribution in [2.75, 3.05) is 13.2 Å². The van der Waals surface area contributed by atoms with Crippen LogP contribution in [0.1, 0.15) is 38.4 Å². The van der Waals surface area contributed by atoms with Gasteiger partial charge in [-0.05, 0) is 31.0 Å². The maximum absolute atomic E-state index is 5.57. The zero-order valence-corrected chi connectivity index (χ0v) is 10.7. The third-order valence-corrected chi connectivity index (χ3v) is 2.95. The van der Waals surface area contributed by atoms with Crippen LogP contribution >= 0.6 is 12.2 Å². The number of rotatable bonds is 6. The summed E-state index contributed by atoms with van der Waals surface area (Å²) in [4.78, 5) is 0.